The molecule has 6 heteroatoms. The summed E-state index contributed by atoms with van der Waals surface area (Å²) in [5.74, 6) is 0. The van der Waals surface area contributed by atoms with Crippen molar-refractivity contribution in [3.05, 3.63) is 0 Å². The molecule has 0 fully saturated rings. The largest absolute Gasteiger partial charge is 0.398 e. The Labute approximate surface area is 102 Å². The maximum atomic E-state index is 5.64. The minimum Gasteiger partial charge on any atom is -0.398 e. The molecule has 0 aliphatic rings. The number of rotatable bonds is 8. The first-order valence-electron chi connectivity index (χ1n) is 5.64. The Morgan fingerprint density at radius 2 is 1.12 bits per heavy atom. The summed E-state index contributed by atoms with van der Waals surface area (Å²) < 4.78 is 22.6. The third-order valence-electron chi connectivity index (χ3n) is 3.46. The van der Waals surface area contributed by atoms with E-state index in [9.17, 15) is 0 Å². The van der Waals surface area contributed by atoms with Crippen LogP contribution in [0.1, 0.15) is 19.8 Å². The van der Waals surface area contributed by atoms with E-state index in [0.717, 1.165) is 12.8 Å². The van der Waals surface area contributed by atoms with Crippen LogP contribution in [0, 0.1) is 0 Å². The van der Waals surface area contributed by atoms with Crippen LogP contribution >= 0.6 is 0 Å². The average Bonchev–Trinajstić information content (AvgIpc) is 2.34. The molecular formula is C10H26O4Si2. The van der Waals surface area contributed by atoms with Gasteiger partial charge in [0.2, 0.25) is 0 Å². The third kappa shape index (κ3) is 3.38. The van der Waals surface area contributed by atoms with Gasteiger partial charge >= 0.3 is 17.1 Å². The summed E-state index contributed by atoms with van der Waals surface area (Å²) in [5, 5.41) is 0.273. The Kier molecular flexibility index (Phi) is 6.99. The van der Waals surface area contributed by atoms with Crippen molar-refractivity contribution in [2.45, 2.75) is 38.0 Å². The van der Waals surface area contributed by atoms with Gasteiger partial charge in [-0.25, -0.2) is 0 Å². The lowest BCUT2D eigenvalue weighted by molar-refractivity contribution is 0.207. The SMILES string of the molecule is CCCC([Si](C)(OC)OC)[Si](C)(OC)OC. The molecule has 16 heavy (non-hydrogen) atoms. The van der Waals surface area contributed by atoms with Gasteiger partial charge < -0.3 is 17.7 Å². The Hall–Kier alpha value is 0.274. The first-order valence-corrected chi connectivity index (χ1v) is 10.4. The molecule has 0 aliphatic heterocycles. The van der Waals surface area contributed by atoms with Gasteiger partial charge in [0.15, 0.2) is 0 Å². The fraction of sp³-hybridized carbons (Fsp3) is 1.00. The molecule has 0 saturated heterocycles. The first-order chi connectivity index (χ1) is 7.44. The molecule has 0 radical (unpaired) electrons. The average molecular weight is 266 g/mol. The summed E-state index contributed by atoms with van der Waals surface area (Å²) in [4.78, 5) is 0. The number of hydrogen-bond donors (Lipinski definition) is 0. The highest BCUT2D eigenvalue weighted by atomic mass is 28.4. The molecule has 0 rings (SSSR count). The van der Waals surface area contributed by atoms with Crippen LogP contribution in [-0.2, 0) is 17.7 Å². The van der Waals surface area contributed by atoms with Crippen LogP contribution in [0.5, 0.6) is 0 Å². The maximum absolute atomic E-state index is 5.64. The van der Waals surface area contributed by atoms with Gasteiger partial charge in [0.05, 0.1) is 0 Å². The molecule has 0 atom stereocenters. The fourth-order valence-electron chi connectivity index (χ4n) is 2.03. The van der Waals surface area contributed by atoms with Crippen molar-refractivity contribution in [2.24, 2.45) is 0 Å². The van der Waals surface area contributed by atoms with E-state index in [0.29, 0.717) is 0 Å². The van der Waals surface area contributed by atoms with E-state index in [1.807, 2.05) is 0 Å². The summed E-state index contributed by atoms with van der Waals surface area (Å²) in [7, 11) is 2.46. The van der Waals surface area contributed by atoms with Crippen molar-refractivity contribution in [1.29, 1.82) is 0 Å². The van der Waals surface area contributed by atoms with Crippen LogP contribution in [0.2, 0.25) is 18.3 Å². The Morgan fingerprint density at radius 3 is 1.31 bits per heavy atom. The van der Waals surface area contributed by atoms with Crippen LogP contribution in [0.4, 0.5) is 0 Å². The van der Waals surface area contributed by atoms with Crippen LogP contribution in [0.25, 0.3) is 0 Å². The van der Waals surface area contributed by atoms with E-state index in [2.05, 4.69) is 20.0 Å². The first kappa shape index (κ1) is 16.3. The molecule has 0 amide bonds. The highest BCUT2D eigenvalue weighted by molar-refractivity contribution is 6.87. The van der Waals surface area contributed by atoms with Crippen LogP contribution in [-0.4, -0.2) is 45.6 Å². The van der Waals surface area contributed by atoms with Gasteiger partial charge in [0.25, 0.3) is 0 Å². The predicted molar refractivity (Wildman–Crippen MR) is 69.9 cm³/mol. The zero-order chi connectivity index (χ0) is 12.8. The second kappa shape index (κ2) is 6.88. The molecule has 98 valence electrons. The lowest BCUT2D eigenvalue weighted by Gasteiger charge is -2.40. The zero-order valence-corrected chi connectivity index (χ0v) is 13.6. The molecule has 0 bridgehead atoms. The van der Waals surface area contributed by atoms with Crippen LogP contribution in [0.3, 0.4) is 0 Å². The van der Waals surface area contributed by atoms with Crippen molar-refractivity contribution >= 4 is 17.1 Å². The molecule has 0 unspecified atom stereocenters. The van der Waals surface area contributed by atoms with Crippen molar-refractivity contribution < 1.29 is 17.7 Å². The smallest absolute Gasteiger partial charge is 0.339 e. The van der Waals surface area contributed by atoms with Gasteiger partial charge in [-0.1, -0.05) is 13.3 Å². The van der Waals surface area contributed by atoms with Crippen molar-refractivity contribution in [3.8, 4) is 0 Å². The second-order valence-corrected chi connectivity index (χ2v) is 11.9. The Balaban J connectivity index is 5.11. The van der Waals surface area contributed by atoms with E-state index in [-0.39, 0.29) is 5.16 Å². The predicted octanol–water partition coefficient (Wildman–Crippen LogP) is 2.43. The third-order valence-corrected chi connectivity index (χ3v) is 13.0. The van der Waals surface area contributed by atoms with E-state index >= 15 is 0 Å². The summed E-state index contributed by atoms with van der Waals surface area (Å²) in [5.41, 5.74) is 0. The van der Waals surface area contributed by atoms with Crippen molar-refractivity contribution in [3.63, 3.8) is 0 Å². The second-order valence-electron chi connectivity index (χ2n) is 4.19. The molecule has 0 aromatic heterocycles. The Morgan fingerprint density at radius 1 is 0.812 bits per heavy atom. The molecule has 0 aromatic carbocycles. The molecule has 0 N–H and O–H groups in total. The van der Waals surface area contributed by atoms with Crippen molar-refractivity contribution in [1.82, 2.24) is 0 Å². The minimum absolute atomic E-state index is 0.273. The van der Waals surface area contributed by atoms with Gasteiger partial charge in [-0.05, 0) is 19.5 Å². The minimum atomic E-state index is -2.21. The molecular weight excluding hydrogens is 240 g/mol. The quantitative estimate of drug-likeness (QED) is 0.632. The van der Waals surface area contributed by atoms with E-state index in [4.69, 9.17) is 17.7 Å². The van der Waals surface area contributed by atoms with Crippen LogP contribution in [0.15, 0.2) is 0 Å². The topological polar surface area (TPSA) is 36.9 Å². The Bertz CT molecular complexity index is 175. The summed E-state index contributed by atoms with van der Waals surface area (Å²) in [6, 6.07) is 0. The lowest BCUT2D eigenvalue weighted by atomic mass is 10.4. The van der Waals surface area contributed by atoms with Gasteiger partial charge in [-0.3, -0.25) is 0 Å². The normalized spacial score (nSPS) is 13.5. The lowest BCUT2D eigenvalue weighted by Crippen LogP contribution is -2.56. The molecule has 0 saturated carbocycles. The number of hydrogen-bond acceptors (Lipinski definition) is 4. The van der Waals surface area contributed by atoms with E-state index < -0.39 is 17.1 Å². The molecule has 0 aliphatic carbocycles. The zero-order valence-electron chi connectivity index (χ0n) is 11.6. The fourth-order valence-corrected chi connectivity index (χ4v) is 10.3. The summed E-state index contributed by atoms with van der Waals surface area (Å²) in [6.07, 6.45) is 2.10. The van der Waals surface area contributed by atoms with Crippen molar-refractivity contribution in [2.75, 3.05) is 28.4 Å². The van der Waals surface area contributed by atoms with Gasteiger partial charge in [-0.15, -0.1) is 0 Å². The standard InChI is InChI=1S/C10H26O4Si2/c1-8-9-10(15(6,11-2)12-3)16(7,13-4)14-5/h10H,8-9H2,1-7H3. The monoisotopic (exact) mass is 266 g/mol. The van der Waals surface area contributed by atoms with Gasteiger partial charge in [0.1, 0.15) is 0 Å². The molecule has 0 heterocycles. The van der Waals surface area contributed by atoms with E-state index in [1.165, 1.54) is 0 Å². The van der Waals surface area contributed by atoms with Gasteiger partial charge in [-0.2, -0.15) is 0 Å². The van der Waals surface area contributed by atoms with E-state index in [1.54, 1.807) is 28.4 Å². The molecule has 0 aromatic rings. The summed E-state index contributed by atoms with van der Waals surface area (Å²) >= 11 is 0. The molecule has 4 nitrogen and oxygen atoms in total. The maximum Gasteiger partial charge on any atom is 0.339 e. The summed E-state index contributed by atoms with van der Waals surface area (Å²) in [6.45, 7) is 6.32. The highest BCUT2D eigenvalue weighted by Crippen LogP contribution is 2.37. The highest BCUT2D eigenvalue weighted by Gasteiger charge is 2.53. The van der Waals surface area contributed by atoms with Crippen LogP contribution < -0.4 is 0 Å². The molecule has 0 spiro atoms. The van der Waals surface area contributed by atoms with Gasteiger partial charge in [0, 0.05) is 33.6 Å².